The molecule has 0 bridgehead atoms. The fourth-order valence-corrected chi connectivity index (χ4v) is 4.07. The summed E-state index contributed by atoms with van der Waals surface area (Å²) in [4.78, 5) is 12.6. The van der Waals surface area contributed by atoms with Crippen LogP contribution in [0.15, 0.2) is 42.5 Å². The molecule has 1 aliphatic carbocycles. The van der Waals surface area contributed by atoms with E-state index >= 15 is 0 Å². The lowest BCUT2D eigenvalue weighted by Crippen LogP contribution is -2.25. The maximum atomic E-state index is 12.6. The molecule has 0 amide bonds. The standard InChI is InChI=1S/C25H29NO2/c1-17(2)14-19-5-7-20(8-6-19)21-9-11-22(12-10-21)25(27)28-24-13-4-18(3)15-23(24)16-26/h4-8,13,15,17,21-22H,9-12,14H2,1-3H3. The van der Waals surface area contributed by atoms with Crippen molar-refractivity contribution in [2.45, 2.75) is 58.8 Å². The summed E-state index contributed by atoms with van der Waals surface area (Å²) in [5.41, 5.74) is 4.17. The van der Waals surface area contributed by atoms with Gasteiger partial charge in [0.2, 0.25) is 0 Å². The van der Waals surface area contributed by atoms with Crippen LogP contribution in [0.3, 0.4) is 0 Å². The highest BCUT2D eigenvalue weighted by molar-refractivity contribution is 5.76. The van der Waals surface area contributed by atoms with Gasteiger partial charge in [0.05, 0.1) is 11.5 Å². The molecule has 0 saturated heterocycles. The van der Waals surface area contributed by atoms with Gasteiger partial charge in [0.1, 0.15) is 11.8 Å². The van der Waals surface area contributed by atoms with Crippen molar-refractivity contribution in [2.75, 3.05) is 0 Å². The Labute approximate surface area is 168 Å². The van der Waals surface area contributed by atoms with Gasteiger partial charge in [0, 0.05) is 0 Å². The highest BCUT2D eigenvalue weighted by atomic mass is 16.5. The van der Waals surface area contributed by atoms with E-state index in [2.05, 4.69) is 44.2 Å². The van der Waals surface area contributed by atoms with Crippen molar-refractivity contribution in [3.8, 4) is 11.8 Å². The van der Waals surface area contributed by atoms with E-state index in [1.54, 1.807) is 12.1 Å². The zero-order valence-electron chi connectivity index (χ0n) is 17.1. The molecule has 2 aromatic rings. The van der Waals surface area contributed by atoms with Crippen molar-refractivity contribution in [1.29, 1.82) is 5.26 Å². The fraction of sp³-hybridized carbons (Fsp3) is 0.440. The quantitative estimate of drug-likeness (QED) is 0.480. The topological polar surface area (TPSA) is 50.1 Å². The third kappa shape index (κ3) is 5.01. The number of nitriles is 1. The summed E-state index contributed by atoms with van der Waals surface area (Å²) in [6.45, 7) is 6.40. The minimum atomic E-state index is -0.203. The number of ether oxygens (including phenoxy) is 1. The van der Waals surface area contributed by atoms with E-state index in [-0.39, 0.29) is 11.9 Å². The van der Waals surface area contributed by atoms with Gasteiger partial charge in [-0.1, -0.05) is 44.2 Å². The molecule has 0 aromatic heterocycles. The van der Waals surface area contributed by atoms with Crippen molar-refractivity contribution in [3.63, 3.8) is 0 Å². The summed E-state index contributed by atoms with van der Waals surface area (Å²) in [6.07, 6.45) is 4.79. The molecule has 146 valence electrons. The number of hydrogen-bond acceptors (Lipinski definition) is 3. The Morgan fingerprint density at radius 1 is 1.11 bits per heavy atom. The molecule has 1 saturated carbocycles. The summed E-state index contributed by atoms with van der Waals surface area (Å²) in [5, 5.41) is 9.25. The predicted molar refractivity (Wildman–Crippen MR) is 111 cm³/mol. The molecule has 1 aliphatic rings. The number of rotatable bonds is 5. The first-order chi connectivity index (χ1) is 13.5. The van der Waals surface area contributed by atoms with E-state index in [1.807, 2.05) is 13.0 Å². The van der Waals surface area contributed by atoms with Crippen molar-refractivity contribution >= 4 is 5.97 Å². The lowest BCUT2D eigenvalue weighted by atomic mass is 9.78. The molecule has 2 aromatic carbocycles. The fourth-order valence-electron chi connectivity index (χ4n) is 4.07. The van der Waals surface area contributed by atoms with Crippen LogP contribution in [0.2, 0.25) is 0 Å². The maximum Gasteiger partial charge on any atom is 0.314 e. The Bertz CT molecular complexity index is 853. The first-order valence-corrected chi connectivity index (χ1v) is 10.3. The third-order valence-corrected chi connectivity index (χ3v) is 5.62. The second-order valence-electron chi connectivity index (χ2n) is 8.42. The van der Waals surface area contributed by atoms with Crippen molar-refractivity contribution in [2.24, 2.45) is 11.8 Å². The lowest BCUT2D eigenvalue weighted by molar-refractivity contribution is -0.140. The predicted octanol–water partition coefficient (Wildman–Crippen LogP) is 5.94. The molecule has 0 radical (unpaired) electrons. The highest BCUT2D eigenvalue weighted by Gasteiger charge is 2.29. The van der Waals surface area contributed by atoms with Crippen LogP contribution in [0.1, 0.15) is 67.7 Å². The average Bonchev–Trinajstić information content (AvgIpc) is 2.69. The van der Waals surface area contributed by atoms with Crippen LogP contribution in [0, 0.1) is 30.1 Å². The van der Waals surface area contributed by atoms with Crippen LogP contribution in [0.5, 0.6) is 5.75 Å². The number of carbonyl (C=O) groups is 1. The first-order valence-electron chi connectivity index (χ1n) is 10.3. The lowest BCUT2D eigenvalue weighted by Gasteiger charge is -2.27. The number of hydrogen-bond donors (Lipinski definition) is 0. The molecule has 3 nitrogen and oxygen atoms in total. The van der Waals surface area contributed by atoms with Crippen LogP contribution < -0.4 is 4.74 Å². The summed E-state index contributed by atoms with van der Waals surface area (Å²) >= 11 is 0. The molecule has 1 fully saturated rings. The van der Waals surface area contributed by atoms with Gasteiger partial charge in [-0.25, -0.2) is 0 Å². The van der Waals surface area contributed by atoms with Gasteiger partial charge < -0.3 is 4.74 Å². The van der Waals surface area contributed by atoms with Gasteiger partial charge in [-0.3, -0.25) is 4.79 Å². The first kappa shape index (κ1) is 20.1. The van der Waals surface area contributed by atoms with Crippen LogP contribution in [-0.2, 0) is 11.2 Å². The van der Waals surface area contributed by atoms with Crippen molar-refractivity contribution in [1.82, 2.24) is 0 Å². The van der Waals surface area contributed by atoms with Gasteiger partial charge >= 0.3 is 5.97 Å². The third-order valence-electron chi connectivity index (χ3n) is 5.62. The average molecular weight is 376 g/mol. The number of carbonyl (C=O) groups excluding carboxylic acids is 1. The molecule has 0 N–H and O–H groups in total. The van der Waals surface area contributed by atoms with Gasteiger partial charge in [0.25, 0.3) is 0 Å². The van der Waals surface area contributed by atoms with Gasteiger partial charge in [-0.15, -0.1) is 0 Å². The molecule has 28 heavy (non-hydrogen) atoms. The van der Waals surface area contributed by atoms with E-state index in [9.17, 15) is 10.1 Å². The molecule has 0 aliphatic heterocycles. The molecular formula is C25H29NO2. The molecular weight excluding hydrogens is 346 g/mol. The van der Waals surface area contributed by atoms with Crippen molar-refractivity contribution < 1.29 is 9.53 Å². The summed E-state index contributed by atoms with van der Waals surface area (Å²) in [7, 11) is 0. The van der Waals surface area contributed by atoms with E-state index in [0.29, 0.717) is 23.1 Å². The normalized spacial score (nSPS) is 19.2. The van der Waals surface area contributed by atoms with Gasteiger partial charge in [-0.2, -0.15) is 5.26 Å². The number of benzene rings is 2. The van der Waals surface area contributed by atoms with Crippen LogP contribution in [0.25, 0.3) is 0 Å². The summed E-state index contributed by atoms with van der Waals surface area (Å²) in [5.74, 6) is 1.28. The molecule has 0 spiro atoms. The van der Waals surface area contributed by atoms with E-state index in [1.165, 1.54) is 11.1 Å². The second kappa shape index (κ2) is 9.06. The van der Waals surface area contributed by atoms with E-state index in [0.717, 1.165) is 37.7 Å². The molecule has 3 rings (SSSR count). The van der Waals surface area contributed by atoms with Gasteiger partial charge in [0.15, 0.2) is 0 Å². The Hall–Kier alpha value is -2.60. The minimum Gasteiger partial charge on any atom is -0.425 e. The zero-order chi connectivity index (χ0) is 20.1. The maximum absolute atomic E-state index is 12.6. The SMILES string of the molecule is Cc1ccc(OC(=O)C2CCC(c3ccc(CC(C)C)cc3)CC2)c(C#N)c1. The molecule has 3 heteroatoms. The minimum absolute atomic E-state index is 0.0793. The molecule has 0 unspecified atom stereocenters. The van der Waals surface area contributed by atoms with Crippen LogP contribution in [0.4, 0.5) is 0 Å². The molecule has 0 atom stereocenters. The van der Waals surface area contributed by atoms with E-state index in [4.69, 9.17) is 4.74 Å². The Kier molecular flexibility index (Phi) is 6.52. The van der Waals surface area contributed by atoms with Crippen LogP contribution in [-0.4, -0.2) is 5.97 Å². The number of aryl methyl sites for hydroxylation is 1. The summed E-state index contributed by atoms with van der Waals surface area (Å²) in [6, 6.07) is 16.5. The van der Waals surface area contributed by atoms with Crippen LogP contribution >= 0.6 is 0 Å². The zero-order valence-corrected chi connectivity index (χ0v) is 17.1. The Morgan fingerprint density at radius 2 is 1.79 bits per heavy atom. The summed E-state index contributed by atoms with van der Waals surface area (Å²) < 4.78 is 5.56. The number of esters is 1. The van der Waals surface area contributed by atoms with Gasteiger partial charge in [-0.05, 0) is 79.7 Å². The Morgan fingerprint density at radius 3 is 2.39 bits per heavy atom. The second-order valence-corrected chi connectivity index (χ2v) is 8.42. The monoisotopic (exact) mass is 375 g/mol. The number of nitrogens with zero attached hydrogens (tertiary/aromatic N) is 1. The Balaban J connectivity index is 1.56. The smallest absolute Gasteiger partial charge is 0.314 e. The highest BCUT2D eigenvalue weighted by Crippen LogP contribution is 2.36. The van der Waals surface area contributed by atoms with E-state index < -0.39 is 0 Å². The van der Waals surface area contributed by atoms with Crippen molar-refractivity contribution in [3.05, 3.63) is 64.7 Å². The largest absolute Gasteiger partial charge is 0.425 e. The molecule has 0 heterocycles.